The highest BCUT2D eigenvalue weighted by Gasteiger charge is 2.22. The lowest BCUT2D eigenvalue weighted by Crippen LogP contribution is -2.28. The molecule has 0 saturated heterocycles. The van der Waals surface area contributed by atoms with Crippen LogP contribution >= 0.6 is 0 Å². The van der Waals surface area contributed by atoms with E-state index >= 15 is 0 Å². The average molecular weight is 344 g/mol. The Bertz CT molecular complexity index is 812. The minimum atomic E-state index is -0.846. The van der Waals surface area contributed by atoms with E-state index in [4.69, 9.17) is 10.1 Å². The van der Waals surface area contributed by atoms with Crippen molar-refractivity contribution in [3.63, 3.8) is 0 Å². The van der Waals surface area contributed by atoms with Crippen LogP contribution in [0.25, 0.3) is 11.2 Å². The summed E-state index contributed by atoms with van der Waals surface area (Å²) in [5.41, 5.74) is 2.81. The fourth-order valence-electron chi connectivity index (χ4n) is 3.35. The summed E-state index contributed by atoms with van der Waals surface area (Å²) in [7, 11) is 1.70. The largest absolute Gasteiger partial charge is 0.481 e. The fraction of sp³-hybridized carbons (Fsp3) is 0.556. The zero-order valence-electron chi connectivity index (χ0n) is 14.8. The van der Waals surface area contributed by atoms with Gasteiger partial charge in [-0.05, 0) is 32.3 Å². The standard InChI is InChI=1S/C18H24N4O3/c1-12-11-13(18(25)21(2)9-6-8-15(23)24)16-17(19-12)22-10-5-3-4-7-14(22)20-16/h11H,3-10H2,1-2H3,(H,23,24). The minimum Gasteiger partial charge on any atom is -0.481 e. The molecule has 0 atom stereocenters. The monoisotopic (exact) mass is 344 g/mol. The molecule has 2 aromatic rings. The summed E-state index contributed by atoms with van der Waals surface area (Å²) < 4.78 is 2.15. The van der Waals surface area contributed by atoms with Crippen LogP contribution in [0.1, 0.15) is 54.0 Å². The van der Waals surface area contributed by atoms with E-state index in [1.54, 1.807) is 18.0 Å². The Hall–Kier alpha value is -2.44. The SMILES string of the molecule is Cc1cc(C(=O)N(C)CCCC(=O)O)c2nc3n(c2n1)CCCCC3. The van der Waals surface area contributed by atoms with Gasteiger partial charge < -0.3 is 14.6 Å². The first-order valence-corrected chi connectivity index (χ1v) is 8.81. The van der Waals surface area contributed by atoms with Gasteiger partial charge in [0.05, 0.1) is 5.56 Å². The van der Waals surface area contributed by atoms with Crippen LogP contribution in [0.4, 0.5) is 0 Å². The molecular weight excluding hydrogens is 320 g/mol. The van der Waals surface area contributed by atoms with Crippen molar-refractivity contribution < 1.29 is 14.7 Å². The number of aliphatic carboxylic acids is 1. The molecule has 3 rings (SSSR count). The Morgan fingerprint density at radius 3 is 2.84 bits per heavy atom. The van der Waals surface area contributed by atoms with Gasteiger partial charge in [-0.3, -0.25) is 9.59 Å². The Kier molecular flexibility index (Phi) is 5.01. The van der Waals surface area contributed by atoms with Gasteiger partial charge in [-0.25, -0.2) is 9.97 Å². The second-order valence-corrected chi connectivity index (χ2v) is 6.70. The molecule has 25 heavy (non-hydrogen) atoms. The van der Waals surface area contributed by atoms with E-state index in [2.05, 4.69) is 9.55 Å². The highest BCUT2D eigenvalue weighted by atomic mass is 16.4. The molecule has 0 aliphatic carbocycles. The zero-order valence-corrected chi connectivity index (χ0v) is 14.8. The summed E-state index contributed by atoms with van der Waals surface area (Å²) >= 11 is 0. The summed E-state index contributed by atoms with van der Waals surface area (Å²) in [6.07, 6.45) is 4.81. The third-order valence-corrected chi connectivity index (χ3v) is 4.65. The van der Waals surface area contributed by atoms with Crippen LogP contribution in [0, 0.1) is 6.92 Å². The van der Waals surface area contributed by atoms with Crippen molar-refractivity contribution in [1.82, 2.24) is 19.4 Å². The highest BCUT2D eigenvalue weighted by Crippen LogP contribution is 2.24. The summed E-state index contributed by atoms with van der Waals surface area (Å²) in [6, 6.07) is 1.78. The number of aryl methyl sites for hydroxylation is 3. The first-order chi connectivity index (χ1) is 12.0. The lowest BCUT2D eigenvalue weighted by atomic mass is 10.1. The number of rotatable bonds is 5. The van der Waals surface area contributed by atoms with Gasteiger partial charge in [-0.1, -0.05) is 6.42 Å². The quantitative estimate of drug-likeness (QED) is 0.900. The maximum absolute atomic E-state index is 12.9. The molecule has 1 aliphatic rings. The van der Waals surface area contributed by atoms with Crippen molar-refractivity contribution in [1.29, 1.82) is 0 Å². The van der Waals surface area contributed by atoms with Gasteiger partial charge >= 0.3 is 5.97 Å². The molecule has 7 heteroatoms. The van der Waals surface area contributed by atoms with Crippen LogP contribution in [0.5, 0.6) is 0 Å². The molecule has 3 heterocycles. The van der Waals surface area contributed by atoms with Crippen LogP contribution in [0.2, 0.25) is 0 Å². The topological polar surface area (TPSA) is 88.3 Å². The lowest BCUT2D eigenvalue weighted by Gasteiger charge is -2.17. The molecule has 0 saturated carbocycles. The molecule has 1 aliphatic heterocycles. The van der Waals surface area contributed by atoms with Gasteiger partial charge in [0.2, 0.25) is 0 Å². The number of carbonyl (C=O) groups excluding carboxylic acids is 1. The number of fused-ring (bicyclic) bond motifs is 3. The number of amides is 1. The number of hydrogen-bond donors (Lipinski definition) is 1. The highest BCUT2D eigenvalue weighted by molar-refractivity contribution is 6.04. The maximum Gasteiger partial charge on any atom is 0.303 e. The molecule has 7 nitrogen and oxygen atoms in total. The van der Waals surface area contributed by atoms with Crippen molar-refractivity contribution in [3.05, 3.63) is 23.1 Å². The van der Waals surface area contributed by atoms with Crippen LogP contribution in [-0.4, -0.2) is 50.0 Å². The molecule has 0 bridgehead atoms. The first kappa shape index (κ1) is 17.4. The van der Waals surface area contributed by atoms with Gasteiger partial charge in [0, 0.05) is 38.7 Å². The third kappa shape index (κ3) is 3.65. The van der Waals surface area contributed by atoms with E-state index in [-0.39, 0.29) is 12.3 Å². The molecular formula is C18H24N4O3. The number of carboxylic acids is 1. The Balaban J connectivity index is 1.93. The number of nitrogens with zero attached hydrogens (tertiary/aromatic N) is 4. The lowest BCUT2D eigenvalue weighted by molar-refractivity contribution is -0.137. The van der Waals surface area contributed by atoms with Gasteiger partial charge in [0.25, 0.3) is 5.91 Å². The third-order valence-electron chi connectivity index (χ3n) is 4.65. The van der Waals surface area contributed by atoms with Gasteiger partial charge in [0.15, 0.2) is 5.65 Å². The predicted octanol–water partition coefficient (Wildman–Crippen LogP) is 2.40. The summed E-state index contributed by atoms with van der Waals surface area (Å²) in [5.74, 6) is 0.0307. The molecule has 134 valence electrons. The van der Waals surface area contributed by atoms with Crippen molar-refractivity contribution in [2.75, 3.05) is 13.6 Å². The molecule has 0 unspecified atom stereocenters. The van der Waals surface area contributed by atoms with E-state index < -0.39 is 5.97 Å². The van der Waals surface area contributed by atoms with Crippen LogP contribution < -0.4 is 0 Å². The van der Waals surface area contributed by atoms with Gasteiger partial charge in [-0.2, -0.15) is 0 Å². The fourth-order valence-corrected chi connectivity index (χ4v) is 3.35. The second-order valence-electron chi connectivity index (χ2n) is 6.70. The summed E-state index contributed by atoms with van der Waals surface area (Å²) in [5, 5.41) is 8.75. The van der Waals surface area contributed by atoms with E-state index in [0.717, 1.165) is 43.0 Å². The number of hydrogen-bond acceptors (Lipinski definition) is 4. The van der Waals surface area contributed by atoms with Crippen molar-refractivity contribution in [2.45, 2.75) is 52.0 Å². The van der Waals surface area contributed by atoms with Crippen molar-refractivity contribution in [3.8, 4) is 0 Å². The van der Waals surface area contributed by atoms with Gasteiger partial charge in [0.1, 0.15) is 11.3 Å². The molecule has 1 N–H and O–H groups in total. The summed E-state index contributed by atoms with van der Waals surface area (Å²) in [6.45, 7) is 3.18. The Labute approximate surface area is 146 Å². The van der Waals surface area contributed by atoms with E-state index in [1.807, 2.05) is 6.92 Å². The number of aromatic nitrogens is 3. The molecule has 1 amide bonds. The molecule has 0 fully saturated rings. The van der Waals surface area contributed by atoms with Crippen LogP contribution in [-0.2, 0) is 17.8 Å². The van der Waals surface area contributed by atoms with Gasteiger partial charge in [-0.15, -0.1) is 0 Å². The molecule has 2 aromatic heterocycles. The number of imidazole rings is 1. The van der Waals surface area contributed by atoms with Crippen molar-refractivity contribution in [2.24, 2.45) is 0 Å². The Morgan fingerprint density at radius 1 is 1.28 bits per heavy atom. The van der Waals surface area contributed by atoms with E-state index in [0.29, 0.717) is 24.0 Å². The normalized spacial score (nSPS) is 14.2. The summed E-state index contributed by atoms with van der Waals surface area (Å²) in [4.78, 5) is 34.5. The van der Waals surface area contributed by atoms with Crippen molar-refractivity contribution >= 4 is 23.0 Å². The number of carbonyl (C=O) groups is 2. The van der Waals surface area contributed by atoms with Crippen LogP contribution in [0.15, 0.2) is 6.07 Å². The number of pyridine rings is 1. The second kappa shape index (κ2) is 7.21. The van der Waals surface area contributed by atoms with Crippen LogP contribution in [0.3, 0.4) is 0 Å². The molecule has 0 radical (unpaired) electrons. The zero-order chi connectivity index (χ0) is 18.0. The Morgan fingerprint density at radius 2 is 2.08 bits per heavy atom. The molecule has 0 aromatic carbocycles. The molecule has 0 spiro atoms. The average Bonchev–Trinajstić information content (AvgIpc) is 2.75. The van der Waals surface area contributed by atoms with E-state index in [9.17, 15) is 9.59 Å². The van der Waals surface area contributed by atoms with E-state index in [1.165, 1.54) is 6.42 Å². The minimum absolute atomic E-state index is 0.0567. The maximum atomic E-state index is 12.9. The predicted molar refractivity (Wildman–Crippen MR) is 93.7 cm³/mol. The number of carboxylic acid groups (broad SMARTS) is 1. The smallest absolute Gasteiger partial charge is 0.303 e. The first-order valence-electron chi connectivity index (χ1n) is 8.81.